The number of nitrogens with two attached hydrogens (primary N) is 1. The van der Waals surface area contributed by atoms with Gasteiger partial charge in [-0.05, 0) is 18.6 Å². The Hall–Kier alpha value is -2.21. The number of nitrogen functional groups attached to an aromatic ring is 1. The van der Waals surface area contributed by atoms with Gasteiger partial charge in [-0.1, -0.05) is 18.5 Å². The second kappa shape index (κ2) is 6.05. The molecule has 3 N–H and O–H groups in total. The van der Waals surface area contributed by atoms with Crippen molar-refractivity contribution < 1.29 is 14.6 Å². The molecular weight excluding hydrogens is 294 g/mol. The van der Waals surface area contributed by atoms with Crippen LogP contribution >= 0.6 is 11.6 Å². The number of aromatic carboxylic acids is 1. The number of carboxylic acid groups (broad SMARTS) is 1. The molecule has 2 aromatic rings. The molecule has 1 heterocycles. The molecule has 0 spiro atoms. The van der Waals surface area contributed by atoms with Gasteiger partial charge in [0.1, 0.15) is 12.4 Å². The minimum atomic E-state index is -1.07. The molecule has 7 heteroatoms. The molecule has 0 radical (unpaired) electrons. The lowest BCUT2D eigenvalue weighted by molar-refractivity contribution is 0.0698. The summed E-state index contributed by atoms with van der Waals surface area (Å²) in [6, 6.07) is 4.45. The van der Waals surface area contributed by atoms with Crippen LogP contribution in [0.15, 0.2) is 18.2 Å². The van der Waals surface area contributed by atoms with Gasteiger partial charge in [0.05, 0.1) is 22.0 Å². The van der Waals surface area contributed by atoms with E-state index in [1.165, 1.54) is 12.1 Å². The number of carbonyl (C=O) groups is 1. The summed E-state index contributed by atoms with van der Waals surface area (Å²) in [4.78, 5) is 10.9. The Morgan fingerprint density at radius 2 is 2.24 bits per heavy atom. The molecule has 0 fully saturated rings. The van der Waals surface area contributed by atoms with Gasteiger partial charge in [0.25, 0.3) is 0 Å². The van der Waals surface area contributed by atoms with Gasteiger partial charge < -0.3 is 15.6 Å². The fourth-order valence-corrected chi connectivity index (χ4v) is 2.30. The number of hydrogen-bond donors (Lipinski definition) is 2. The lowest BCUT2D eigenvalue weighted by Crippen LogP contribution is -2.05. The Bertz CT molecular complexity index is 682. The average Bonchev–Trinajstić information content (AvgIpc) is 2.71. The molecule has 1 aromatic carbocycles. The topological polar surface area (TPSA) is 90.4 Å². The summed E-state index contributed by atoms with van der Waals surface area (Å²) in [6.45, 7) is 2.21. The fourth-order valence-electron chi connectivity index (χ4n) is 1.95. The Kier molecular flexibility index (Phi) is 4.37. The molecule has 0 aliphatic heterocycles. The number of benzene rings is 1. The molecule has 1 aromatic heterocycles. The first-order valence-electron chi connectivity index (χ1n) is 6.39. The normalized spacial score (nSPS) is 10.6. The largest absolute Gasteiger partial charge is 0.487 e. The summed E-state index contributed by atoms with van der Waals surface area (Å²) < 4.78 is 7.29. The van der Waals surface area contributed by atoms with Crippen molar-refractivity contribution in [3.05, 3.63) is 40.2 Å². The van der Waals surface area contributed by atoms with Crippen LogP contribution < -0.4 is 10.5 Å². The smallest absolute Gasteiger partial charge is 0.337 e. The van der Waals surface area contributed by atoms with Crippen molar-refractivity contribution >= 4 is 23.3 Å². The molecule has 6 nitrogen and oxygen atoms in total. The third-order valence-corrected chi connectivity index (χ3v) is 3.57. The van der Waals surface area contributed by atoms with Gasteiger partial charge in [-0.25, -0.2) is 4.79 Å². The Morgan fingerprint density at radius 1 is 1.52 bits per heavy atom. The first-order chi connectivity index (χ1) is 9.93. The molecule has 112 valence electrons. The Labute approximate surface area is 127 Å². The number of nitrogens with zero attached hydrogens (tertiary/aromatic N) is 2. The maximum Gasteiger partial charge on any atom is 0.337 e. The summed E-state index contributed by atoms with van der Waals surface area (Å²) in [6.07, 6.45) is 0.743. The summed E-state index contributed by atoms with van der Waals surface area (Å²) in [5, 5.41) is 13.8. The Balaban J connectivity index is 2.15. The van der Waals surface area contributed by atoms with Crippen molar-refractivity contribution in [1.82, 2.24) is 9.78 Å². The maximum absolute atomic E-state index is 10.9. The van der Waals surface area contributed by atoms with Gasteiger partial charge in [0, 0.05) is 18.8 Å². The monoisotopic (exact) mass is 309 g/mol. The van der Waals surface area contributed by atoms with Crippen LogP contribution in [0, 0.1) is 0 Å². The molecular formula is C14H16ClN3O3. The zero-order valence-corrected chi connectivity index (χ0v) is 12.5. The number of aryl methyl sites for hydroxylation is 2. The molecule has 0 aliphatic rings. The van der Waals surface area contributed by atoms with Crippen LogP contribution in [0.3, 0.4) is 0 Å². The average molecular weight is 310 g/mol. The minimum Gasteiger partial charge on any atom is -0.487 e. The second-order valence-corrected chi connectivity index (χ2v) is 4.91. The third kappa shape index (κ3) is 3.11. The minimum absolute atomic E-state index is 0.0502. The zero-order chi connectivity index (χ0) is 15.6. The molecule has 0 bridgehead atoms. The maximum atomic E-state index is 10.9. The number of aromatic nitrogens is 2. The van der Waals surface area contributed by atoms with Gasteiger partial charge in [0.15, 0.2) is 0 Å². The highest BCUT2D eigenvalue weighted by Gasteiger charge is 2.14. The molecule has 0 amide bonds. The van der Waals surface area contributed by atoms with E-state index in [1.807, 2.05) is 6.92 Å². The van der Waals surface area contributed by atoms with E-state index in [4.69, 9.17) is 27.2 Å². The third-order valence-electron chi connectivity index (χ3n) is 3.13. The summed E-state index contributed by atoms with van der Waals surface area (Å²) in [5.41, 5.74) is 7.46. The van der Waals surface area contributed by atoms with E-state index >= 15 is 0 Å². The van der Waals surface area contributed by atoms with Crippen molar-refractivity contribution in [1.29, 1.82) is 0 Å². The van der Waals surface area contributed by atoms with Crippen LogP contribution in [0.2, 0.25) is 5.02 Å². The fraction of sp³-hybridized carbons (Fsp3) is 0.286. The van der Waals surface area contributed by atoms with Crippen molar-refractivity contribution in [3.63, 3.8) is 0 Å². The predicted octanol–water partition coefficient (Wildman–Crippen LogP) is 2.50. The van der Waals surface area contributed by atoms with Crippen LogP contribution in [0.25, 0.3) is 0 Å². The summed E-state index contributed by atoms with van der Waals surface area (Å²) in [5.74, 6) is -0.589. The van der Waals surface area contributed by atoms with Crippen molar-refractivity contribution in [2.75, 3.05) is 5.73 Å². The first-order valence-corrected chi connectivity index (χ1v) is 6.77. The molecule has 0 saturated heterocycles. The predicted molar refractivity (Wildman–Crippen MR) is 79.7 cm³/mol. The van der Waals surface area contributed by atoms with E-state index in [0.29, 0.717) is 10.8 Å². The number of ether oxygens (including phenoxy) is 1. The van der Waals surface area contributed by atoms with E-state index in [-0.39, 0.29) is 17.9 Å². The van der Waals surface area contributed by atoms with Crippen LogP contribution in [0.5, 0.6) is 5.75 Å². The van der Waals surface area contributed by atoms with Crippen molar-refractivity contribution in [2.24, 2.45) is 7.05 Å². The van der Waals surface area contributed by atoms with Crippen LogP contribution in [0.1, 0.15) is 28.7 Å². The molecule has 2 rings (SSSR count). The van der Waals surface area contributed by atoms with E-state index < -0.39 is 5.97 Å². The molecule has 21 heavy (non-hydrogen) atoms. The van der Waals surface area contributed by atoms with Gasteiger partial charge in [-0.3, -0.25) is 4.68 Å². The van der Waals surface area contributed by atoms with E-state index in [0.717, 1.165) is 17.8 Å². The first kappa shape index (κ1) is 15.2. The van der Waals surface area contributed by atoms with Crippen LogP contribution in [-0.4, -0.2) is 20.9 Å². The van der Waals surface area contributed by atoms with E-state index in [1.54, 1.807) is 17.8 Å². The van der Waals surface area contributed by atoms with E-state index in [9.17, 15) is 4.79 Å². The highest BCUT2D eigenvalue weighted by molar-refractivity contribution is 6.31. The number of carboxylic acids is 1. The van der Waals surface area contributed by atoms with Gasteiger partial charge >= 0.3 is 5.97 Å². The molecule has 0 unspecified atom stereocenters. The second-order valence-electron chi connectivity index (χ2n) is 4.53. The number of halogens is 1. The van der Waals surface area contributed by atoms with E-state index in [2.05, 4.69) is 5.10 Å². The highest BCUT2D eigenvalue weighted by Crippen LogP contribution is 2.24. The van der Waals surface area contributed by atoms with Crippen LogP contribution in [0.4, 0.5) is 5.69 Å². The SMILES string of the molecule is CCc1nn(C)c(COc2ccc(C(=O)O)c(N)c2)c1Cl. The van der Waals surface area contributed by atoms with Crippen molar-refractivity contribution in [2.45, 2.75) is 20.0 Å². The lowest BCUT2D eigenvalue weighted by atomic mass is 10.2. The molecule has 0 saturated carbocycles. The lowest BCUT2D eigenvalue weighted by Gasteiger charge is -2.09. The zero-order valence-electron chi connectivity index (χ0n) is 11.8. The van der Waals surface area contributed by atoms with Gasteiger partial charge in [0.2, 0.25) is 0 Å². The van der Waals surface area contributed by atoms with Crippen molar-refractivity contribution in [3.8, 4) is 5.75 Å². The molecule has 0 atom stereocenters. The highest BCUT2D eigenvalue weighted by atomic mass is 35.5. The number of anilines is 1. The van der Waals surface area contributed by atoms with Gasteiger partial charge in [-0.15, -0.1) is 0 Å². The standard InChI is InChI=1S/C14H16ClN3O3/c1-3-11-13(15)12(18(2)17-11)7-21-8-4-5-9(14(19)20)10(16)6-8/h4-6H,3,7,16H2,1-2H3,(H,19,20). The molecule has 0 aliphatic carbocycles. The summed E-state index contributed by atoms with van der Waals surface area (Å²) >= 11 is 6.23. The Morgan fingerprint density at radius 3 is 2.76 bits per heavy atom. The number of rotatable bonds is 5. The van der Waals surface area contributed by atoms with Crippen LogP contribution in [-0.2, 0) is 20.1 Å². The van der Waals surface area contributed by atoms with Gasteiger partial charge in [-0.2, -0.15) is 5.10 Å². The number of hydrogen-bond acceptors (Lipinski definition) is 4. The summed E-state index contributed by atoms with van der Waals surface area (Å²) in [7, 11) is 1.80. The quantitative estimate of drug-likeness (QED) is 0.828.